The van der Waals surface area contributed by atoms with E-state index in [9.17, 15) is 23.8 Å². The number of phosphoric acid groups is 1. The van der Waals surface area contributed by atoms with Gasteiger partial charge in [0.05, 0.1) is 13.2 Å². The first-order valence-electron chi connectivity index (χ1n) is 20.7. The summed E-state index contributed by atoms with van der Waals surface area (Å²) < 4.78 is 32.6. The Bertz CT molecular complexity index is 1270. The van der Waals surface area contributed by atoms with Crippen molar-refractivity contribution in [2.75, 3.05) is 19.8 Å². The summed E-state index contributed by atoms with van der Waals surface area (Å²) in [6, 6.07) is -1.53. The van der Waals surface area contributed by atoms with Gasteiger partial charge >= 0.3 is 25.7 Å². The third-order valence-electron chi connectivity index (χ3n) is 8.23. The molecule has 0 aromatic carbocycles. The Morgan fingerprint density at radius 3 is 1.64 bits per heavy atom. The summed E-state index contributed by atoms with van der Waals surface area (Å²) >= 11 is 0. The molecule has 2 unspecified atom stereocenters. The molecule has 0 aromatic heterocycles. The molecule has 4 N–H and O–H groups in total. The molecule has 0 aliphatic carbocycles. The van der Waals surface area contributed by atoms with E-state index in [2.05, 4.69) is 67.0 Å². The van der Waals surface area contributed by atoms with E-state index in [1.54, 1.807) is 0 Å². The van der Waals surface area contributed by atoms with Crippen molar-refractivity contribution >= 4 is 25.7 Å². The molecule has 56 heavy (non-hydrogen) atoms. The van der Waals surface area contributed by atoms with Gasteiger partial charge in [-0.25, -0.2) is 4.57 Å². The quantitative estimate of drug-likeness (QED) is 0.0179. The lowest BCUT2D eigenvalue weighted by molar-refractivity contribution is -0.161. The minimum atomic E-state index is -4.73. The van der Waals surface area contributed by atoms with E-state index < -0.39 is 51.1 Å². The number of esters is 2. The van der Waals surface area contributed by atoms with Crippen molar-refractivity contribution in [3.63, 3.8) is 0 Å². The molecule has 0 aliphatic rings. The lowest BCUT2D eigenvalue weighted by atomic mass is 10.1. The molecular weight excluding hydrogens is 733 g/mol. The Morgan fingerprint density at radius 2 is 1.04 bits per heavy atom. The van der Waals surface area contributed by atoms with E-state index in [-0.39, 0.29) is 19.4 Å². The lowest BCUT2D eigenvalue weighted by Crippen LogP contribution is -2.34. The van der Waals surface area contributed by atoms with Gasteiger partial charge in [-0.3, -0.25) is 23.4 Å². The molecule has 0 saturated carbocycles. The largest absolute Gasteiger partial charge is 0.480 e. The topological polar surface area (TPSA) is 172 Å². The number of carbonyl (C=O) groups is 3. The first-order chi connectivity index (χ1) is 27.1. The molecule has 0 aromatic rings. The zero-order valence-electron chi connectivity index (χ0n) is 34.2. The Morgan fingerprint density at radius 1 is 0.571 bits per heavy atom. The van der Waals surface area contributed by atoms with E-state index in [1.165, 1.54) is 32.1 Å². The van der Waals surface area contributed by atoms with Crippen LogP contribution in [0.2, 0.25) is 0 Å². The van der Waals surface area contributed by atoms with E-state index in [0.29, 0.717) is 12.8 Å². The first kappa shape index (κ1) is 52.7. The fraction of sp³-hybridized carbons (Fsp3) is 0.614. The van der Waals surface area contributed by atoms with Gasteiger partial charge in [0.1, 0.15) is 12.6 Å². The molecule has 0 amide bonds. The third kappa shape index (κ3) is 37.6. The number of carboxylic acids is 1. The third-order valence-corrected chi connectivity index (χ3v) is 9.18. The maximum absolute atomic E-state index is 12.6. The standard InChI is InChI=1S/C44H72NO10P/c1-3-5-7-9-11-13-15-17-18-19-20-21-22-24-25-27-29-31-33-35-42(46)52-37-40(38-53-56(50,51)54-39-41(45)44(48)49)55-43(47)36-34-32-30-28-26-23-16-14-12-10-8-6-4-2/h5-8,10-14,16-18,23,26,40-41H,3-4,9,15,19-22,24-25,27-39,45H2,1-2H3,(H,48,49)(H,50,51)/b7-5+,8-6+,12-10+,13-11+,16-14+,18-17+,26-23+/t40?,41-/m1/s1. The molecule has 0 radical (unpaired) electrons. The van der Waals surface area contributed by atoms with Crippen LogP contribution in [0, 0.1) is 0 Å². The number of unbranched alkanes of at least 4 members (excludes halogenated alkanes) is 12. The molecule has 318 valence electrons. The maximum Gasteiger partial charge on any atom is 0.472 e. The SMILES string of the molecule is CC/C=C/C=C/C=C/C=C/CCCCCC(=O)OC(COC(=O)CCCCCCCCCCC/C=C/C/C=C/C/C=C/CC)COP(=O)(O)OC[C@@H](N)C(=O)O. The number of aliphatic carboxylic acids is 1. The average molecular weight is 806 g/mol. The Labute approximate surface area is 337 Å². The number of allylic oxidation sites excluding steroid dienone is 14. The summed E-state index contributed by atoms with van der Waals surface area (Å²) in [6.07, 6.45) is 46.6. The minimum Gasteiger partial charge on any atom is -0.480 e. The van der Waals surface area contributed by atoms with Crippen LogP contribution in [0.5, 0.6) is 0 Å². The van der Waals surface area contributed by atoms with Crippen LogP contribution < -0.4 is 5.73 Å². The number of carboxylic acid groups (broad SMARTS) is 1. The fourth-order valence-electron chi connectivity index (χ4n) is 5.03. The van der Waals surface area contributed by atoms with E-state index in [1.807, 2.05) is 36.5 Å². The highest BCUT2D eigenvalue weighted by atomic mass is 31.2. The van der Waals surface area contributed by atoms with E-state index in [0.717, 1.165) is 70.6 Å². The summed E-state index contributed by atoms with van der Waals surface area (Å²) in [5.41, 5.74) is 5.32. The number of ether oxygens (including phenoxy) is 2. The number of carbonyl (C=O) groups excluding carboxylic acids is 2. The minimum absolute atomic E-state index is 0.109. The highest BCUT2D eigenvalue weighted by Crippen LogP contribution is 2.43. The van der Waals surface area contributed by atoms with Crippen molar-refractivity contribution in [3.8, 4) is 0 Å². The van der Waals surface area contributed by atoms with E-state index in [4.69, 9.17) is 24.8 Å². The van der Waals surface area contributed by atoms with Crippen molar-refractivity contribution in [3.05, 3.63) is 85.1 Å². The summed E-state index contributed by atoms with van der Waals surface area (Å²) in [5, 5.41) is 8.88. The fourth-order valence-corrected chi connectivity index (χ4v) is 5.81. The number of hydrogen-bond acceptors (Lipinski definition) is 9. The number of phosphoric ester groups is 1. The van der Waals surface area contributed by atoms with Crippen LogP contribution in [0.4, 0.5) is 0 Å². The average Bonchev–Trinajstić information content (AvgIpc) is 3.17. The predicted octanol–water partition coefficient (Wildman–Crippen LogP) is 10.7. The van der Waals surface area contributed by atoms with Gasteiger partial charge in [0.25, 0.3) is 0 Å². The summed E-state index contributed by atoms with van der Waals surface area (Å²) in [6.45, 7) is 2.48. The first-order valence-corrected chi connectivity index (χ1v) is 22.2. The zero-order chi connectivity index (χ0) is 41.4. The molecule has 0 saturated heterocycles. The lowest BCUT2D eigenvalue weighted by Gasteiger charge is -2.20. The molecule has 0 fully saturated rings. The second kappa shape index (κ2) is 38.5. The van der Waals surface area contributed by atoms with Crippen molar-refractivity contribution in [1.29, 1.82) is 0 Å². The van der Waals surface area contributed by atoms with Crippen LogP contribution in [0.25, 0.3) is 0 Å². The van der Waals surface area contributed by atoms with Gasteiger partial charge in [0.2, 0.25) is 0 Å². The van der Waals surface area contributed by atoms with Crippen LogP contribution in [-0.2, 0) is 37.5 Å². The smallest absolute Gasteiger partial charge is 0.472 e. The molecule has 0 bridgehead atoms. The molecule has 0 spiro atoms. The second-order valence-electron chi connectivity index (χ2n) is 13.4. The molecule has 12 heteroatoms. The van der Waals surface area contributed by atoms with Gasteiger partial charge in [-0.2, -0.15) is 0 Å². The molecule has 11 nitrogen and oxygen atoms in total. The van der Waals surface area contributed by atoms with Crippen molar-refractivity contribution in [1.82, 2.24) is 0 Å². The predicted molar refractivity (Wildman–Crippen MR) is 226 cm³/mol. The Hall–Kier alpha value is -3.34. The maximum atomic E-state index is 12.6. The summed E-state index contributed by atoms with van der Waals surface area (Å²) in [5.74, 6) is -2.45. The van der Waals surface area contributed by atoms with Crippen LogP contribution >= 0.6 is 7.82 Å². The Balaban J connectivity index is 4.42. The van der Waals surface area contributed by atoms with Gasteiger partial charge in [0, 0.05) is 12.8 Å². The number of hydrogen-bond donors (Lipinski definition) is 3. The normalized spacial score (nSPS) is 14.6. The molecule has 0 aliphatic heterocycles. The number of rotatable bonds is 37. The highest BCUT2D eigenvalue weighted by molar-refractivity contribution is 7.47. The zero-order valence-corrected chi connectivity index (χ0v) is 35.1. The van der Waals surface area contributed by atoms with Crippen molar-refractivity contribution in [2.24, 2.45) is 5.73 Å². The Kier molecular flexibility index (Phi) is 36.2. The van der Waals surface area contributed by atoms with E-state index >= 15 is 0 Å². The van der Waals surface area contributed by atoms with Crippen LogP contribution in [0.3, 0.4) is 0 Å². The van der Waals surface area contributed by atoms with Gasteiger partial charge in [-0.1, -0.05) is 150 Å². The van der Waals surface area contributed by atoms with Crippen LogP contribution in [0.1, 0.15) is 142 Å². The van der Waals surface area contributed by atoms with Crippen LogP contribution in [0.15, 0.2) is 85.1 Å². The second-order valence-corrected chi connectivity index (χ2v) is 14.9. The molecule has 0 rings (SSSR count). The van der Waals surface area contributed by atoms with Gasteiger partial charge in [-0.15, -0.1) is 0 Å². The highest BCUT2D eigenvalue weighted by Gasteiger charge is 2.28. The molecular formula is C44H72NO10P. The van der Waals surface area contributed by atoms with Crippen molar-refractivity contribution in [2.45, 2.75) is 154 Å². The van der Waals surface area contributed by atoms with Gasteiger partial charge in [-0.05, 0) is 64.2 Å². The monoisotopic (exact) mass is 805 g/mol. The molecule has 0 heterocycles. The summed E-state index contributed by atoms with van der Waals surface area (Å²) in [4.78, 5) is 45.9. The molecule has 3 atom stereocenters. The van der Waals surface area contributed by atoms with Gasteiger partial charge < -0.3 is 25.2 Å². The van der Waals surface area contributed by atoms with Crippen molar-refractivity contribution < 1.29 is 47.5 Å². The van der Waals surface area contributed by atoms with Crippen LogP contribution in [-0.4, -0.2) is 59.9 Å². The number of nitrogens with two attached hydrogens (primary N) is 1. The summed E-state index contributed by atoms with van der Waals surface area (Å²) in [7, 11) is -4.73. The van der Waals surface area contributed by atoms with Gasteiger partial charge in [0.15, 0.2) is 6.10 Å².